The van der Waals surface area contributed by atoms with E-state index in [0.717, 1.165) is 0 Å². The standard InChI is InChI=1S/C15H14F3N5O/c1-8-21-13(10-7-20-23(2)14(10)22-8)19-6-9-11(16)4-3-5-12(9)24-15(17)18/h3-5,7,15H,6H2,1-2H3,(H,19,21,22). The zero-order valence-electron chi connectivity index (χ0n) is 12.9. The number of halogens is 3. The van der Waals surface area contributed by atoms with E-state index in [4.69, 9.17) is 0 Å². The summed E-state index contributed by atoms with van der Waals surface area (Å²) in [5.41, 5.74) is 0.605. The molecule has 1 N–H and O–H groups in total. The van der Waals surface area contributed by atoms with Gasteiger partial charge in [0.25, 0.3) is 0 Å². The maximum atomic E-state index is 14.0. The number of hydrogen-bond acceptors (Lipinski definition) is 5. The van der Waals surface area contributed by atoms with Gasteiger partial charge in [-0.05, 0) is 19.1 Å². The molecule has 2 heterocycles. The van der Waals surface area contributed by atoms with Gasteiger partial charge in [-0.15, -0.1) is 0 Å². The van der Waals surface area contributed by atoms with Gasteiger partial charge in [-0.3, -0.25) is 4.68 Å². The van der Waals surface area contributed by atoms with Gasteiger partial charge in [-0.1, -0.05) is 6.07 Å². The van der Waals surface area contributed by atoms with Crippen LogP contribution in [0.5, 0.6) is 5.75 Å². The smallest absolute Gasteiger partial charge is 0.387 e. The van der Waals surface area contributed by atoms with Gasteiger partial charge < -0.3 is 10.1 Å². The molecule has 0 saturated heterocycles. The Morgan fingerprint density at radius 3 is 2.83 bits per heavy atom. The topological polar surface area (TPSA) is 64.9 Å². The largest absolute Gasteiger partial charge is 0.434 e. The number of ether oxygens (including phenoxy) is 1. The average Bonchev–Trinajstić information content (AvgIpc) is 2.87. The Balaban J connectivity index is 1.92. The first-order valence-electron chi connectivity index (χ1n) is 7.08. The molecule has 0 saturated carbocycles. The van der Waals surface area contributed by atoms with Crippen LogP contribution in [0, 0.1) is 12.7 Å². The van der Waals surface area contributed by atoms with Gasteiger partial charge in [0.15, 0.2) is 5.65 Å². The minimum Gasteiger partial charge on any atom is -0.434 e. The number of alkyl halides is 2. The highest BCUT2D eigenvalue weighted by Gasteiger charge is 2.15. The Morgan fingerprint density at radius 2 is 2.08 bits per heavy atom. The van der Waals surface area contributed by atoms with Gasteiger partial charge in [0.2, 0.25) is 0 Å². The second kappa shape index (κ2) is 6.34. The quantitative estimate of drug-likeness (QED) is 0.775. The Kier molecular flexibility index (Phi) is 4.24. The van der Waals surface area contributed by atoms with Crippen molar-refractivity contribution < 1.29 is 17.9 Å². The van der Waals surface area contributed by atoms with E-state index >= 15 is 0 Å². The first kappa shape index (κ1) is 16.0. The summed E-state index contributed by atoms with van der Waals surface area (Å²) < 4.78 is 44.9. The molecule has 126 valence electrons. The van der Waals surface area contributed by atoms with Crippen LogP contribution < -0.4 is 10.1 Å². The van der Waals surface area contributed by atoms with Gasteiger partial charge >= 0.3 is 6.61 Å². The Bertz CT molecular complexity index is 881. The van der Waals surface area contributed by atoms with Gasteiger partial charge in [-0.25, -0.2) is 14.4 Å². The highest BCUT2D eigenvalue weighted by Crippen LogP contribution is 2.26. The second-order valence-electron chi connectivity index (χ2n) is 5.07. The van der Waals surface area contributed by atoms with E-state index in [1.165, 1.54) is 18.2 Å². The summed E-state index contributed by atoms with van der Waals surface area (Å²) in [5.74, 6) is 0.0857. The third-order valence-electron chi connectivity index (χ3n) is 3.43. The average molecular weight is 337 g/mol. The lowest BCUT2D eigenvalue weighted by atomic mass is 10.2. The molecule has 9 heteroatoms. The van der Waals surface area contributed by atoms with Crippen molar-refractivity contribution in [1.82, 2.24) is 19.7 Å². The number of hydrogen-bond donors (Lipinski definition) is 1. The minimum atomic E-state index is -3.03. The molecule has 0 aliphatic rings. The zero-order chi connectivity index (χ0) is 17.3. The van der Waals surface area contributed by atoms with Gasteiger partial charge in [0.1, 0.15) is 23.2 Å². The molecule has 6 nitrogen and oxygen atoms in total. The summed E-state index contributed by atoms with van der Waals surface area (Å²) in [4.78, 5) is 8.54. The Hall–Kier alpha value is -2.84. The van der Waals surface area contributed by atoms with E-state index in [2.05, 4.69) is 25.1 Å². The van der Waals surface area contributed by atoms with Crippen molar-refractivity contribution in [2.24, 2.45) is 7.05 Å². The molecule has 24 heavy (non-hydrogen) atoms. The van der Waals surface area contributed by atoms with Crippen LogP contribution in [0.25, 0.3) is 11.0 Å². The van der Waals surface area contributed by atoms with Crippen LogP contribution in [0.15, 0.2) is 24.4 Å². The first-order valence-corrected chi connectivity index (χ1v) is 7.08. The van der Waals surface area contributed by atoms with E-state index in [0.29, 0.717) is 22.7 Å². The monoisotopic (exact) mass is 337 g/mol. The van der Waals surface area contributed by atoms with E-state index in [9.17, 15) is 13.2 Å². The van der Waals surface area contributed by atoms with Crippen LogP contribution in [0.1, 0.15) is 11.4 Å². The van der Waals surface area contributed by atoms with Crippen molar-refractivity contribution in [3.8, 4) is 5.75 Å². The van der Waals surface area contributed by atoms with Crippen molar-refractivity contribution in [3.63, 3.8) is 0 Å². The number of benzene rings is 1. The third-order valence-corrected chi connectivity index (χ3v) is 3.43. The van der Waals surface area contributed by atoms with Crippen LogP contribution in [0.4, 0.5) is 19.0 Å². The maximum Gasteiger partial charge on any atom is 0.387 e. The van der Waals surface area contributed by atoms with E-state index < -0.39 is 12.4 Å². The molecular formula is C15H14F3N5O. The second-order valence-corrected chi connectivity index (χ2v) is 5.07. The summed E-state index contributed by atoms with van der Waals surface area (Å²) in [6, 6.07) is 3.78. The molecule has 0 bridgehead atoms. The van der Waals surface area contributed by atoms with Crippen molar-refractivity contribution in [1.29, 1.82) is 0 Å². The van der Waals surface area contributed by atoms with Crippen LogP contribution in [-0.2, 0) is 13.6 Å². The zero-order valence-corrected chi connectivity index (χ0v) is 12.9. The normalized spacial score (nSPS) is 11.2. The summed E-state index contributed by atoms with van der Waals surface area (Å²) in [6.45, 7) is -1.39. The first-order chi connectivity index (χ1) is 11.5. The fourth-order valence-corrected chi connectivity index (χ4v) is 2.35. The molecule has 3 aromatic rings. The van der Waals surface area contributed by atoms with Crippen LogP contribution >= 0.6 is 0 Å². The number of nitrogens with zero attached hydrogens (tertiary/aromatic N) is 4. The molecule has 1 aromatic carbocycles. The van der Waals surface area contributed by atoms with Crippen LogP contribution in [0.3, 0.4) is 0 Å². The predicted molar refractivity (Wildman–Crippen MR) is 81.4 cm³/mol. The summed E-state index contributed by atoms with van der Waals surface area (Å²) in [6.07, 6.45) is 1.58. The van der Waals surface area contributed by atoms with E-state index in [1.54, 1.807) is 24.9 Å². The molecule has 0 fully saturated rings. The number of aromatic nitrogens is 4. The van der Waals surface area contributed by atoms with E-state index in [-0.39, 0.29) is 17.9 Å². The van der Waals surface area contributed by atoms with Gasteiger partial charge in [0.05, 0.1) is 11.6 Å². The van der Waals surface area contributed by atoms with Gasteiger partial charge in [-0.2, -0.15) is 13.9 Å². The van der Waals surface area contributed by atoms with E-state index in [1.807, 2.05) is 0 Å². The number of fused-ring (bicyclic) bond motifs is 1. The maximum absolute atomic E-state index is 14.0. The molecule has 3 rings (SSSR count). The highest BCUT2D eigenvalue weighted by atomic mass is 19.3. The molecule has 0 aliphatic heterocycles. The molecule has 0 unspecified atom stereocenters. The van der Waals surface area contributed by atoms with Gasteiger partial charge in [0, 0.05) is 19.2 Å². The number of aryl methyl sites for hydroxylation is 2. The predicted octanol–water partition coefficient (Wildman–Crippen LogP) is 3.02. The van der Waals surface area contributed by atoms with Crippen molar-refractivity contribution >= 4 is 16.9 Å². The molecular weight excluding hydrogens is 323 g/mol. The van der Waals surface area contributed by atoms with Crippen molar-refractivity contribution in [2.75, 3.05) is 5.32 Å². The van der Waals surface area contributed by atoms with Crippen molar-refractivity contribution in [3.05, 3.63) is 41.6 Å². The lowest BCUT2D eigenvalue weighted by molar-refractivity contribution is -0.0505. The lowest BCUT2D eigenvalue weighted by Gasteiger charge is -2.13. The molecule has 0 radical (unpaired) electrons. The summed E-state index contributed by atoms with van der Waals surface area (Å²) in [7, 11) is 1.74. The van der Waals surface area contributed by atoms with Crippen molar-refractivity contribution in [2.45, 2.75) is 20.1 Å². The SMILES string of the molecule is Cc1nc(NCc2c(F)cccc2OC(F)F)c2cnn(C)c2n1. The third kappa shape index (κ3) is 3.10. The fourth-order valence-electron chi connectivity index (χ4n) is 2.35. The number of nitrogens with one attached hydrogen (secondary N) is 1. The summed E-state index contributed by atoms with van der Waals surface area (Å²) >= 11 is 0. The minimum absolute atomic E-state index is 0.00824. The Labute approximate surface area is 135 Å². The highest BCUT2D eigenvalue weighted by molar-refractivity contribution is 5.86. The van der Waals surface area contributed by atoms with Crippen LogP contribution in [-0.4, -0.2) is 26.4 Å². The molecule has 0 aliphatic carbocycles. The van der Waals surface area contributed by atoms with Crippen LogP contribution in [0.2, 0.25) is 0 Å². The molecule has 0 atom stereocenters. The number of anilines is 1. The molecule has 0 spiro atoms. The summed E-state index contributed by atoms with van der Waals surface area (Å²) in [5, 5.41) is 7.70. The number of rotatable bonds is 5. The molecule has 0 amide bonds. The molecule has 2 aromatic heterocycles. The lowest BCUT2D eigenvalue weighted by Crippen LogP contribution is -2.10. The Morgan fingerprint density at radius 1 is 1.29 bits per heavy atom. The fraction of sp³-hybridized carbons (Fsp3) is 0.267.